The first-order chi connectivity index (χ1) is 9.24. The molecule has 0 radical (unpaired) electrons. The Morgan fingerprint density at radius 1 is 1.05 bits per heavy atom. The third-order valence-electron chi connectivity index (χ3n) is 3.46. The number of pyridine rings is 1. The van der Waals surface area contributed by atoms with Crippen LogP contribution in [0.2, 0.25) is 0 Å². The van der Waals surface area contributed by atoms with Crippen LogP contribution in [0.5, 0.6) is 0 Å². The molecule has 1 aromatic carbocycles. The summed E-state index contributed by atoms with van der Waals surface area (Å²) in [6, 6.07) is 12.1. The SMILES string of the molecule is O=C(O)N1CCN(c2ccc3ccccc3n2)CC1. The van der Waals surface area contributed by atoms with Crippen molar-refractivity contribution in [1.29, 1.82) is 0 Å². The summed E-state index contributed by atoms with van der Waals surface area (Å²) in [7, 11) is 0. The molecule has 0 atom stereocenters. The van der Waals surface area contributed by atoms with Gasteiger partial charge in [-0.15, -0.1) is 0 Å². The maximum absolute atomic E-state index is 10.9. The molecule has 3 rings (SSSR count). The molecule has 1 aliphatic rings. The van der Waals surface area contributed by atoms with Gasteiger partial charge in [-0.2, -0.15) is 0 Å². The molecule has 0 unspecified atom stereocenters. The predicted octanol–water partition coefficient (Wildman–Crippen LogP) is 2.03. The van der Waals surface area contributed by atoms with Crippen molar-refractivity contribution in [3.05, 3.63) is 36.4 Å². The molecule has 0 aliphatic carbocycles. The Morgan fingerprint density at radius 2 is 1.79 bits per heavy atom. The van der Waals surface area contributed by atoms with Crippen LogP contribution in [0.4, 0.5) is 10.6 Å². The van der Waals surface area contributed by atoms with Crippen molar-refractivity contribution in [2.75, 3.05) is 31.1 Å². The van der Waals surface area contributed by atoms with Crippen LogP contribution in [-0.4, -0.2) is 47.3 Å². The Kier molecular flexibility index (Phi) is 2.95. The molecule has 0 spiro atoms. The van der Waals surface area contributed by atoms with Gasteiger partial charge >= 0.3 is 6.09 Å². The molecular formula is C14H15N3O2. The second-order valence-corrected chi connectivity index (χ2v) is 4.62. The maximum atomic E-state index is 10.9. The van der Waals surface area contributed by atoms with Gasteiger partial charge in [-0.3, -0.25) is 0 Å². The molecule has 0 bridgehead atoms. The van der Waals surface area contributed by atoms with Crippen LogP contribution in [-0.2, 0) is 0 Å². The number of amides is 1. The lowest BCUT2D eigenvalue weighted by atomic mass is 10.2. The number of anilines is 1. The fourth-order valence-electron chi connectivity index (χ4n) is 2.36. The van der Waals surface area contributed by atoms with Gasteiger partial charge in [0.25, 0.3) is 0 Å². The Balaban J connectivity index is 1.80. The van der Waals surface area contributed by atoms with E-state index in [1.54, 1.807) is 0 Å². The summed E-state index contributed by atoms with van der Waals surface area (Å²) in [5.74, 6) is 0.920. The van der Waals surface area contributed by atoms with Crippen molar-refractivity contribution in [1.82, 2.24) is 9.88 Å². The highest BCUT2D eigenvalue weighted by atomic mass is 16.4. The maximum Gasteiger partial charge on any atom is 0.407 e. The van der Waals surface area contributed by atoms with Gasteiger partial charge in [-0.05, 0) is 18.2 Å². The summed E-state index contributed by atoms with van der Waals surface area (Å²) in [5, 5.41) is 10.0. The van der Waals surface area contributed by atoms with Crippen LogP contribution < -0.4 is 4.90 Å². The number of fused-ring (bicyclic) bond motifs is 1. The number of para-hydroxylation sites is 1. The molecule has 1 aromatic heterocycles. The first-order valence-corrected chi connectivity index (χ1v) is 6.33. The minimum Gasteiger partial charge on any atom is -0.465 e. The van der Waals surface area contributed by atoms with Crippen LogP contribution in [0, 0.1) is 0 Å². The molecule has 1 aliphatic heterocycles. The van der Waals surface area contributed by atoms with Crippen LogP contribution in [0.15, 0.2) is 36.4 Å². The van der Waals surface area contributed by atoms with Crippen molar-refractivity contribution < 1.29 is 9.90 Å². The highest BCUT2D eigenvalue weighted by Crippen LogP contribution is 2.19. The van der Waals surface area contributed by atoms with Gasteiger partial charge < -0.3 is 14.9 Å². The average molecular weight is 257 g/mol. The van der Waals surface area contributed by atoms with E-state index in [-0.39, 0.29) is 0 Å². The Morgan fingerprint density at radius 3 is 2.53 bits per heavy atom. The molecule has 19 heavy (non-hydrogen) atoms. The van der Waals surface area contributed by atoms with E-state index in [1.807, 2.05) is 30.3 Å². The van der Waals surface area contributed by atoms with Gasteiger partial charge in [0, 0.05) is 31.6 Å². The zero-order valence-electron chi connectivity index (χ0n) is 10.5. The number of piperazine rings is 1. The second-order valence-electron chi connectivity index (χ2n) is 4.62. The largest absolute Gasteiger partial charge is 0.465 e. The molecule has 5 nitrogen and oxygen atoms in total. The highest BCUT2D eigenvalue weighted by molar-refractivity contribution is 5.80. The Labute approximate surface area is 111 Å². The van der Waals surface area contributed by atoms with Crippen LogP contribution in [0.1, 0.15) is 0 Å². The van der Waals surface area contributed by atoms with Gasteiger partial charge in [0.05, 0.1) is 5.52 Å². The predicted molar refractivity (Wildman–Crippen MR) is 73.6 cm³/mol. The molecule has 0 saturated carbocycles. The Hall–Kier alpha value is -2.30. The minimum absolute atomic E-state index is 0.532. The zero-order chi connectivity index (χ0) is 13.2. The van der Waals surface area contributed by atoms with E-state index in [1.165, 1.54) is 4.90 Å². The highest BCUT2D eigenvalue weighted by Gasteiger charge is 2.21. The van der Waals surface area contributed by atoms with Crippen molar-refractivity contribution in [2.24, 2.45) is 0 Å². The van der Waals surface area contributed by atoms with Crippen LogP contribution in [0.25, 0.3) is 10.9 Å². The summed E-state index contributed by atoms with van der Waals surface area (Å²) in [6.07, 6.45) is -0.842. The number of aromatic nitrogens is 1. The third-order valence-corrected chi connectivity index (χ3v) is 3.46. The lowest BCUT2D eigenvalue weighted by Crippen LogP contribution is -2.48. The third kappa shape index (κ3) is 2.31. The van der Waals surface area contributed by atoms with Gasteiger partial charge in [-0.25, -0.2) is 9.78 Å². The van der Waals surface area contributed by atoms with E-state index in [9.17, 15) is 4.79 Å². The molecule has 1 amide bonds. The van der Waals surface area contributed by atoms with E-state index in [0.717, 1.165) is 16.7 Å². The summed E-state index contributed by atoms with van der Waals surface area (Å²) < 4.78 is 0. The molecule has 1 saturated heterocycles. The van der Waals surface area contributed by atoms with Crippen LogP contribution >= 0.6 is 0 Å². The van der Waals surface area contributed by atoms with E-state index in [4.69, 9.17) is 5.11 Å². The fourth-order valence-corrected chi connectivity index (χ4v) is 2.36. The van der Waals surface area contributed by atoms with Gasteiger partial charge in [0.1, 0.15) is 5.82 Å². The summed E-state index contributed by atoms with van der Waals surface area (Å²) in [6.45, 7) is 2.45. The molecule has 1 N–H and O–H groups in total. The topological polar surface area (TPSA) is 56.7 Å². The molecule has 98 valence electrons. The number of carbonyl (C=O) groups is 1. The standard InChI is InChI=1S/C14H15N3O2/c18-14(19)17-9-7-16(8-10-17)13-6-5-11-3-1-2-4-12(11)15-13/h1-6H,7-10H2,(H,18,19). The monoisotopic (exact) mass is 257 g/mol. The molecular weight excluding hydrogens is 242 g/mol. The number of hydrogen-bond acceptors (Lipinski definition) is 3. The summed E-state index contributed by atoms with van der Waals surface area (Å²) >= 11 is 0. The van der Waals surface area contributed by atoms with Gasteiger partial charge in [0.15, 0.2) is 0 Å². The molecule has 2 heterocycles. The smallest absolute Gasteiger partial charge is 0.407 e. The van der Waals surface area contributed by atoms with E-state index < -0.39 is 6.09 Å². The minimum atomic E-state index is -0.842. The first-order valence-electron chi connectivity index (χ1n) is 6.33. The van der Waals surface area contributed by atoms with Crippen molar-refractivity contribution >= 4 is 22.8 Å². The van der Waals surface area contributed by atoms with Gasteiger partial charge in [-0.1, -0.05) is 18.2 Å². The first kappa shape index (κ1) is 11.8. The number of hydrogen-bond donors (Lipinski definition) is 1. The number of carboxylic acid groups (broad SMARTS) is 1. The van der Waals surface area contributed by atoms with Crippen molar-refractivity contribution in [3.63, 3.8) is 0 Å². The summed E-state index contributed by atoms with van der Waals surface area (Å²) in [4.78, 5) is 19.1. The van der Waals surface area contributed by atoms with Crippen LogP contribution in [0.3, 0.4) is 0 Å². The fraction of sp³-hybridized carbons (Fsp3) is 0.286. The number of benzene rings is 1. The average Bonchev–Trinajstić information content (AvgIpc) is 2.47. The molecule has 1 fully saturated rings. The van der Waals surface area contributed by atoms with Crippen molar-refractivity contribution in [2.45, 2.75) is 0 Å². The summed E-state index contributed by atoms with van der Waals surface area (Å²) in [5.41, 5.74) is 0.973. The van der Waals surface area contributed by atoms with E-state index in [0.29, 0.717) is 26.2 Å². The number of nitrogens with zero attached hydrogens (tertiary/aromatic N) is 3. The van der Waals surface area contributed by atoms with E-state index >= 15 is 0 Å². The van der Waals surface area contributed by atoms with Crippen molar-refractivity contribution in [3.8, 4) is 0 Å². The number of rotatable bonds is 1. The quantitative estimate of drug-likeness (QED) is 0.849. The lowest BCUT2D eigenvalue weighted by molar-refractivity contribution is 0.142. The molecule has 2 aromatic rings. The molecule has 5 heteroatoms. The second kappa shape index (κ2) is 4.76. The van der Waals surface area contributed by atoms with E-state index in [2.05, 4.69) is 16.0 Å². The zero-order valence-corrected chi connectivity index (χ0v) is 10.5. The lowest BCUT2D eigenvalue weighted by Gasteiger charge is -2.33. The van der Waals surface area contributed by atoms with Gasteiger partial charge in [0.2, 0.25) is 0 Å². The Bertz CT molecular complexity index is 606. The normalized spacial score (nSPS) is 15.8.